The summed E-state index contributed by atoms with van der Waals surface area (Å²) in [6.07, 6.45) is 0. The van der Waals surface area contributed by atoms with Crippen molar-refractivity contribution >= 4 is 11.6 Å². The van der Waals surface area contributed by atoms with Crippen LogP contribution < -0.4 is 5.32 Å². The summed E-state index contributed by atoms with van der Waals surface area (Å²) in [4.78, 5) is 0. The second kappa shape index (κ2) is 6.23. The fourth-order valence-electron chi connectivity index (χ4n) is 2.42. The van der Waals surface area contributed by atoms with E-state index in [0.29, 0.717) is 0 Å². The predicted octanol–water partition coefficient (Wildman–Crippen LogP) is 4.56. The van der Waals surface area contributed by atoms with Gasteiger partial charge in [0.2, 0.25) is 0 Å². The van der Waals surface area contributed by atoms with Gasteiger partial charge in [0.15, 0.2) is 0 Å². The van der Waals surface area contributed by atoms with Crippen molar-refractivity contribution in [3.05, 3.63) is 69.2 Å². The Morgan fingerprint density at radius 2 is 1.47 bits per heavy atom. The maximum Gasteiger partial charge on any atom is 0.0406 e. The maximum atomic E-state index is 5.88. The highest BCUT2D eigenvalue weighted by molar-refractivity contribution is 6.30. The van der Waals surface area contributed by atoms with Gasteiger partial charge in [0.1, 0.15) is 0 Å². The Kier molecular flexibility index (Phi) is 4.62. The molecule has 0 saturated heterocycles. The second-order valence-electron chi connectivity index (χ2n) is 5.11. The predicted molar refractivity (Wildman–Crippen MR) is 82.6 cm³/mol. The zero-order valence-electron chi connectivity index (χ0n) is 11.8. The van der Waals surface area contributed by atoms with E-state index in [4.69, 9.17) is 11.6 Å². The topological polar surface area (TPSA) is 12.0 Å². The molecular formula is C17H20ClN. The van der Waals surface area contributed by atoms with Gasteiger partial charge in [0.05, 0.1) is 0 Å². The minimum Gasteiger partial charge on any atom is -0.309 e. The van der Waals surface area contributed by atoms with Crippen molar-refractivity contribution in [1.29, 1.82) is 0 Å². The summed E-state index contributed by atoms with van der Waals surface area (Å²) in [5.41, 5.74) is 6.71. The monoisotopic (exact) mass is 273 g/mol. The lowest BCUT2D eigenvalue weighted by Crippen LogP contribution is -2.14. The van der Waals surface area contributed by atoms with Gasteiger partial charge in [0.25, 0.3) is 0 Å². The SMILES string of the molecule is Cc1cc(C)c(CNCc2ccc(Cl)cc2)c(C)c1. The molecule has 2 aromatic rings. The third-order valence-corrected chi connectivity index (χ3v) is 3.64. The van der Waals surface area contributed by atoms with Gasteiger partial charge in [-0.25, -0.2) is 0 Å². The van der Waals surface area contributed by atoms with Crippen molar-refractivity contribution in [2.45, 2.75) is 33.9 Å². The number of halogens is 1. The molecule has 0 aliphatic heterocycles. The summed E-state index contributed by atoms with van der Waals surface area (Å²) >= 11 is 5.88. The molecule has 2 rings (SSSR count). The summed E-state index contributed by atoms with van der Waals surface area (Å²) in [6.45, 7) is 8.27. The van der Waals surface area contributed by atoms with E-state index in [9.17, 15) is 0 Å². The van der Waals surface area contributed by atoms with E-state index in [1.807, 2.05) is 12.1 Å². The highest BCUT2D eigenvalue weighted by atomic mass is 35.5. The molecule has 0 radical (unpaired) electrons. The van der Waals surface area contributed by atoms with Crippen LogP contribution in [0.5, 0.6) is 0 Å². The molecule has 2 heteroatoms. The second-order valence-corrected chi connectivity index (χ2v) is 5.54. The smallest absolute Gasteiger partial charge is 0.0406 e. The van der Waals surface area contributed by atoms with Crippen LogP contribution >= 0.6 is 11.6 Å². The van der Waals surface area contributed by atoms with Crippen LogP contribution in [-0.2, 0) is 13.1 Å². The minimum absolute atomic E-state index is 0.786. The van der Waals surface area contributed by atoms with Gasteiger partial charge in [-0.05, 0) is 55.2 Å². The molecular weight excluding hydrogens is 254 g/mol. The lowest BCUT2D eigenvalue weighted by molar-refractivity contribution is 0.687. The molecule has 0 atom stereocenters. The maximum absolute atomic E-state index is 5.88. The normalized spacial score (nSPS) is 10.7. The fourth-order valence-corrected chi connectivity index (χ4v) is 2.55. The first-order valence-electron chi connectivity index (χ1n) is 6.58. The van der Waals surface area contributed by atoms with Gasteiger partial charge in [-0.3, -0.25) is 0 Å². The Bertz CT molecular complexity index is 535. The molecule has 0 fully saturated rings. The summed E-state index contributed by atoms with van der Waals surface area (Å²) in [5, 5.41) is 4.28. The number of aryl methyl sites for hydroxylation is 3. The van der Waals surface area contributed by atoms with Gasteiger partial charge < -0.3 is 5.32 Å². The molecule has 1 N–H and O–H groups in total. The Morgan fingerprint density at radius 3 is 2.05 bits per heavy atom. The lowest BCUT2D eigenvalue weighted by Gasteiger charge is -2.12. The average molecular weight is 274 g/mol. The van der Waals surface area contributed by atoms with Crippen LogP contribution in [0.1, 0.15) is 27.8 Å². The third-order valence-electron chi connectivity index (χ3n) is 3.38. The average Bonchev–Trinajstić information content (AvgIpc) is 2.34. The Hall–Kier alpha value is -1.31. The molecule has 0 aliphatic carbocycles. The molecule has 0 saturated carbocycles. The van der Waals surface area contributed by atoms with E-state index in [-0.39, 0.29) is 0 Å². The first kappa shape index (κ1) is 14.1. The molecule has 0 amide bonds. The van der Waals surface area contributed by atoms with E-state index in [1.165, 1.54) is 27.8 Å². The van der Waals surface area contributed by atoms with Gasteiger partial charge in [0, 0.05) is 18.1 Å². The first-order valence-corrected chi connectivity index (χ1v) is 6.96. The van der Waals surface area contributed by atoms with Gasteiger partial charge in [-0.15, -0.1) is 0 Å². The summed E-state index contributed by atoms with van der Waals surface area (Å²) < 4.78 is 0. The number of nitrogens with one attached hydrogen (secondary N) is 1. The number of hydrogen-bond acceptors (Lipinski definition) is 1. The van der Waals surface area contributed by atoms with Crippen LogP contribution in [0.15, 0.2) is 36.4 Å². The van der Waals surface area contributed by atoms with Gasteiger partial charge in [-0.2, -0.15) is 0 Å². The molecule has 0 heterocycles. The van der Waals surface area contributed by atoms with E-state index >= 15 is 0 Å². The Balaban J connectivity index is 1.98. The van der Waals surface area contributed by atoms with Crippen molar-refractivity contribution < 1.29 is 0 Å². The number of hydrogen-bond donors (Lipinski definition) is 1. The first-order chi connectivity index (χ1) is 9.06. The molecule has 0 spiro atoms. The van der Waals surface area contributed by atoms with E-state index in [1.54, 1.807) is 0 Å². The van der Waals surface area contributed by atoms with Crippen molar-refractivity contribution in [3.8, 4) is 0 Å². The van der Waals surface area contributed by atoms with E-state index in [0.717, 1.165) is 18.1 Å². The van der Waals surface area contributed by atoms with Gasteiger partial charge >= 0.3 is 0 Å². The van der Waals surface area contributed by atoms with Crippen molar-refractivity contribution in [2.75, 3.05) is 0 Å². The summed E-state index contributed by atoms with van der Waals surface area (Å²) in [6, 6.07) is 12.5. The molecule has 2 aromatic carbocycles. The zero-order chi connectivity index (χ0) is 13.8. The quantitative estimate of drug-likeness (QED) is 0.861. The zero-order valence-corrected chi connectivity index (χ0v) is 12.5. The Labute approximate surface area is 120 Å². The summed E-state index contributed by atoms with van der Waals surface area (Å²) in [5.74, 6) is 0. The van der Waals surface area contributed by atoms with Crippen LogP contribution in [0.2, 0.25) is 5.02 Å². The van der Waals surface area contributed by atoms with Crippen LogP contribution in [0, 0.1) is 20.8 Å². The number of rotatable bonds is 4. The lowest BCUT2D eigenvalue weighted by atomic mass is 10.00. The van der Waals surface area contributed by atoms with Crippen molar-refractivity contribution in [2.24, 2.45) is 0 Å². The van der Waals surface area contributed by atoms with E-state index in [2.05, 4.69) is 50.4 Å². The van der Waals surface area contributed by atoms with E-state index < -0.39 is 0 Å². The molecule has 0 aromatic heterocycles. The molecule has 1 nitrogen and oxygen atoms in total. The minimum atomic E-state index is 0.786. The van der Waals surface area contributed by atoms with Crippen LogP contribution in [0.3, 0.4) is 0 Å². The summed E-state index contributed by atoms with van der Waals surface area (Å²) in [7, 11) is 0. The standard InChI is InChI=1S/C17H20ClN/c1-12-8-13(2)17(14(3)9-12)11-19-10-15-4-6-16(18)7-5-15/h4-9,19H,10-11H2,1-3H3. The highest BCUT2D eigenvalue weighted by Crippen LogP contribution is 2.16. The fraction of sp³-hybridized carbons (Fsp3) is 0.294. The van der Waals surface area contributed by atoms with Crippen LogP contribution in [0.25, 0.3) is 0 Å². The molecule has 100 valence electrons. The van der Waals surface area contributed by atoms with Gasteiger partial charge in [-0.1, -0.05) is 41.4 Å². The molecule has 0 aliphatic rings. The molecule has 0 unspecified atom stereocenters. The molecule has 0 bridgehead atoms. The highest BCUT2D eigenvalue weighted by Gasteiger charge is 2.03. The molecule has 19 heavy (non-hydrogen) atoms. The number of benzene rings is 2. The van der Waals surface area contributed by atoms with Crippen LogP contribution in [0.4, 0.5) is 0 Å². The Morgan fingerprint density at radius 1 is 0.895 bits per heavy atom. The van der Waals surface area contributed by atoms with Crippen molar-refractivity contribution in [1.82, 2.24) is 5.32 Å². The largest absolute Gasteiger partial charge is 0.309 e. The third kappa shape index (κ3) is 3.82. The van der Waals surface area contributed by atoms with Crippen LogP contribution in [-0.4, -0.2) is 0 Å². The van der Waals surface area contributed by atoms with Crippen molar-refractivity contribution in [3.63, 3.8) is 0 Å².